The van der Waals surface area contributed by atoms with Gasteiger partial charge >= 0.3 is 5.69 Å². The van der Waals surface area contributed by atoms with Crippen LogP contribution in [0.4, 0.5) is 0 Å². The number of rotatable bonds is 2. The van der Waals surface area contributed by atoms with Gasteiger partial charge in [0.05, 0.1) is 11.0 Å². The highest BCUT2D eigenvalue weighted by molar-refractivity contribution is 5.79. The van der Waals surface area contributed by atoms with Crippen molar-refractivity contribution in [3.05, 3.63) is 45.9 Å². The van der Waals surface area contributed by atoms with Crippen LogP contribution in [0.5, 0.6) is 0 Å². The molecule has 1 aromatic heterocycles. The average molecular weight is 271 g/mol. The number of hydrogen-bond donors (Lipinski definition) is 1. The fourth-order valence-electron chi connectivity index (χ4n) is 2.97. The molecule has 0 radical (unpaired) electrons. The van der Waals surface area contributed by atoms with E-state index in [1.165, 1.54) is 11.1 Å². The third kappa shape index (κ3) is 2.10. The maximum Gasteiger partial charge on any atom is 0.326 e. The van der Waals surface area contributed by atoms with Crippen LogP contribution in [0.1, 0.15) is 26.3 Å². The summed E-state index contributed by atoms with van der Waals surface area (Å²) in [7, 11) is 0. The molecular formula is C16H21N3O. The first-order valence-electron chi connectivity index (χ1n) is 7.16. The molecule has 0 saturated carbocycles. The van der Waals surface area contributed by atoms with Crippen molar-refractivity contribution >= 4 is 11.0 Å². The van der Waals surface area contributed by atoms with Gasteiger partial charge in [-0.1, -0.05) is 23.8 Å². The molecule has 0 amide bonds. The Morgan fingerprint density at radius 2 is 2.30 bits per heavy atom. The first-order valence-corrected chi connectivity index (χ1v) is 7.16. The molecule has 4 nitrogen and oxygen atoms in total. The zero-order valence-electron chi connectivity index (χ0n) is 12.3. The molecule has 1 atom stereocenters. The normalized spacial score (nSPS) is 20.4. The van der Waals surface area contributed by atoms with E-state index in [1.807, 2.05) is 16.7 Å². The smallest absolute Gasteiger partial charge is 0.306 e. The number of benzene rings is 1. The van der Waals surface area contributed by atoms with Crippen LogP contribution in [0.25, 0.3) is 11.0 Å². The van der Waals surface area contributed by atoms with Gasteiger partial charge in [0.25, 0.3) is 0 Å². The Bertz CT molecular complexity index is 723. The molecule has 1 aliphatic rings. The van der Waals surface area contributed by atoms with Gasteiger partial charge in [0, 0.05) is 25.7 Å². The van der Waals surface area contributed by atoms with E-state index in [4.69, 9.17) is 0 Å². The number of aromatic nitrogens is 2. The van der Waals surface area contributed by atoms with E-state index in [0.717, 1.165) is 30.7 Å². The molecule has 0 aliphatic carbocycles. The van der Waals surface area contributed by atoms with Gasteiger partial charge < -0.3 is 4.98 Å². The number of H-pyrrole nitrogens is 1. The van der Waals surface area contributed by atoms with Crippen molar-refractivity contribution in [2.24, 2.45) is 0 Å². The van der Waals surface area contributed by atoms with Crippen molar-refractivity contribution in [1.29, 1.82) is 0 Å². The molecule has 1 aromatic carbocycles. The molecule has 2 aromatic rings. The predicted molar refractivity (Wildman–Crippen MR) is 81.9 cm³/mol. The summed E-state index contributed by atoms with van der Waals surface area (Å²) in [4.78, 5) is 17.5. The molecule has 1 N–H and O–H groups in total. The molecule has 0 spiro atoms. The lowest BCUT2D eigenvalue weighted by atomic mass is 10.1. The average Bonchev–Trinajstić information content (AvgIpc) is 2.66. The minimum absolute atomic E-state index is 0.00362. The highest BCUT2D eigenvalue weighted by Gasteiger charge is 2.23. The van der Waals surface area contributed by atoms with Gasteiger partial charge in [-0.15, -0.1) is 0 Å². The van der Waals surface area contributed by atoms with Crippen molar-refractivity contribution in [3.63, 3.8) is 0 Å². The molecule has 0 saturated heterocycles. The molecule has 0 bridgehead atoms. The van der Waals surface area contributed by atoms with Crippen molar-refractivity contribution < 1.29 is 0 Å². The van der Waals surface area contributed by atoms with Crippen LogP contribution in [0, 0.1) is 0 Å². The Morgan fingerprint density at radius 1 is 1.50 bits per heavy atom. The van der Waals surface area contributed by atoms with Crippen molar-refractivity contribution in [1.82, 2.24) is 14.5 Å². The zero-order chi connectivity index (χ0) is 14.3. The van der Waals surface area contributed by atoms with E-state index < -0.39 is 0 Å². The van der Waals surface area contributed by atoms with Crippen LogP contribution in [0.15, 0.2) is 34.6 Å². The Balaban J connectivity index is 2.08. The standard InChI is InChI=1S/C16H21N3O/c1-4-11(2)8-18-10-13-6-5-7-14-15(13)19(9-12(18)3)16(20)17-14/h4-7,12H,8-10H2,1-3H3,(H,17,20)/b11-4+/t12-/m0/s1. The number of hydrogen-bond acceptors (Lipinski definition) is 2. The van der Waals surface area contributed by atoms with Gasteiger partial charge in [0.1, 0.15) is 0 Å². The summed E-state index contributed by atoms with van der Waals surface area (Å²) in [6.07, 6.45) is 2.16. The Labute approximate surface area is 118 Å². The number of allylic oxidation sites excluding steroid dienone is 1. The molecule has 1 aliphatic heterocycles. The summed E-state index contributed by atoms with van der Waals surface area (Å²) in [5.74, 6) is 0. The summed E-state index contributed by atoms with van der Waals surface area (Å²) in [6, 6.07) is 6.47. The van der Waals surface area contributed by atoms with Crippen molar-refractivity contribution in [3.8, 4) is 0 Å². The van der Waals surface area contributed by atoms with E-state index in [-0.39, 0.29) is 5.69 Å². The number of aromatic amines is 1. The van der Waals surface area contributed by atoms with Gasteiger partial charge in [-0.2, -0.15) is 0 Å². The SMILES string of the molecule is C/C=C(\C)CN1Cc2cccc3[nH]c(=O)n(c23)C[C@@H]1C. The van der Waals surface area contributed by atoms with E-state index in [9.17, 15) is 4.79 Å². The highest BCUT2D eigenvalue weighted by Crippen LogP contribution is 2.23. The largest absolute Gasteiger partial charge is 0.326 e. The van der Waals surface area contributed by atoms with Crippen molar-refractivity contribution in [2.75, 3.05) is 6.54 Å². The van der Waals surface area contributed by atoms with E-state index >= 15 is 0 Å². The van der Waals surface area contributed by atoms with Crippen LogP contribution >= 0.6 is 0 Å². The molecule has 20 heavy (non-hydrogen) atoms. The van der Waals surface area contributed by atoms with Crippen molar-refractivity contribution in [2.45, 2.75) is 39.9 Å². The fourth-order valence-corrected chi connectivity index (χ4v) is 2.97. The summed E-state index contributed by atoms with van der Waals surface area (Å²) in [5, 5.41) is 0. The number of nitrogens with one attached hydrogen (secondary N) is 1. The van der Waals surface area contributed by atoms with E-state index in [0.29, 0.717) is 6.04 Å². The fraction of sp³-hybridized carbons (Fsp3) is 0.438. The minimum atomic E-state index is 0.00362. The summed E-state index contributed by atoms with van der Waals surface area (Å²) < 4.78 is 1.89. The second-order valence-corrected chi connectivity index (χ2v) is 5.74. The summed E-state index contributed by atoms with van der Waals surface area (Å²) in [6.45, 7) is 9.02. The summed E-state index contributed by atoms with van der Waals surface area (Å²) >= 11 is 0. The molecule has 4 heteroatoms. The van der Waals surface area contributed by atoms with Crippen LogP contribution in [-0.4, -0.2) is 27.0 Å². The lowest BCUT2D eigenvalue weighted by Crippen LogP contribution is -2.36. The van der Waals surface area contributed by atoms with Crippen LogP contribution in [0.2, 0.25) is 0 Å². The molecule has 106 valence electrons. The monoisotopic (exact) mass is 271 g/mol. The third-order valence-electron chi connectivity index (χ3n) is 4.27. The van der Waals surface area contributed by atoms with Gasteiger partial charge in [0.2, 0.25) is 0 Å². The van der Waals surface area contributed by atoms with Gasteiger partial charge in [0.15, 0.2) is 0 Å². The van der Waals surface area contributed by atoms with Gasteiger partial charge in [-0.25, -0.2) is 4.79 Å². The molecule has 0 fully saturated rings. The van der Waals surface area contributed by atoms with E-state index in [2.05, 4.69) is 42.8 Å². The molecule has 2 heterocycles. The summed E-state index contributed by atoms with van der Waals surface area (Å²) in [5.41, 5.74) is 4.62. The number of para-hydroxylation sites is 1. The quantitative estimate of drug-likeness (QED) is 0.853. The zero-order valence-corrected chi connectivity index (χ0v) is 12.3. The first-order chi connectivity index (χ1) is 9.60. The molecule has 0 unspecified atom stereocenters. The third-order valence-corrected chi connectivity index (χ3v) is 4.27. The maximum absolute atomic E-state index is 12.1. The molecular weight excluding hydrogens is 250 g/mol. The van der Waals surface area contributed by atoms with Gasteiger partial charge in [-0.3, -0.25) is 9.47 Å². The first kappa shape index (κ1) is 13.2. The number of nitrogens with zero attached hydrogens (tertiary/aromatic N) is 2. The second kappa shape index (κ2) is 4.94. The topological polar surface area (TPSA) is 41.0 Å². The van der Waals surface area contributed by atoms with Crippen LogP contribution in [-0.2, 0) is 13.1 Å². The maximum atomic E-state index is 12.1. The lowest BCUT2D eigenvalue weighted by Gasteiger charge is -2.27. The van der Waals surface area contributed by atoms with Crippen LogP contribution < -0.4 is 5.69 Å². The second-order valence-electron chi connectivity index (χ2n) is 5.74. The van der Waals surface area contributed by atoms with E-state index in [1.54, 1.807) is 0 Å². The van der Waals surface area contributed by atoms with Gasteiger partial charge in [-0.05, 0) is 32.4 Å². The Morgan fingerprint density at radius 3 is 3.05 bits per heavy atom. The Kier molecular flexibility index (Phi) is 3.26. The lowest BCUT2D eigenvalue weighted by molar-refractivity contribution is 0.205. The molecule has 3 rings (SSSR count). The Hall–Kier alpha value is -1.81. The minimum Gasteiger partial charge on any atom is -0.306 e. The number of imidazole rings is 1. The van der Waals surface area contributed by atoms with Crippen LogP contribution in [0.3, 0.4) is 0 Å². The predicted octanol–water partition coefficient (Wildman–Crippen LogP) is 2.50. The highest BCUT2D eigenvalue weighted by atomic mass is 16.1.